The maximum absolute atomic E-state index is 14.1. The van der Waals surface area contributed by atoms with Crippen LogP contribution in [0.5, 0.6) is 11.5 Å². The maximum Gasteiger partial charge on any atom is 0.338 e. The Labute approximate surface area is 126 Å². The number of aliphatic hydroxyl groups excluding tert-OH is 1. The second-order valence-electron chi connectivity index (χ2n) is 4.48. The summed E-state index contributed by atoms with van der Waals surface area (Å²) in [7, 11) is 2.61. The third-order valence-electron chi connectivity index (χ3n) is 3.31. The number of ether oxygens (including phenoxy) is 2. The number of halogens is 1. The third kappa shape index (κ3) is 2.73. The van der Waals surface area contributed by atoms with Gasteiger partial charge in [-0.3, -0.25) is 0 Å². The number of carbonyl (C=O) groups excluding carboxylic acids is 1. The van der Waals surface area contributed by atoms with Crippen LogP contribution in [-0.2, 0) is 11.3 Å². The maximum atomic E-state index is 14.1. The number of hydrogen-bond acceptors (Lipinski definition) is 5. The van der Waals surface area contributed by atoms with Crippen molar-refractivity contribution in [1.29, 1.82) is 0 Å². The van der Waals surface area contributed by atoms with Gasteiger partial charge in [-0.1, -0.05) is 0 Å². The smallest absolute Gasteiger partial charge is 0.338 e. The molecule has 0 aliphatic carbocycles. The molecule has 2 aromatic rings. The summed E-state index contributed by atoms with van der Waals surface area (Å²) < 4.78 is 23.6. The number of carbonyl (C=O) groups is 1. The lowest BCUT2D eigenvalue weighted by Crippen LogP contribution is -2.06. The average Bonchev–Trinajstić information content (AvgIpc) is 2.54. The van der Waals surface area contributed by atoms with Gasteiger partial charge < -0.3 is 19.7 Å². The second kappa shape index (κ2) is 6.44. The Morgan fingerprint density at radius 3 is 2.41 bits per heavy atom. The molecule has 22 heavy (non-hydrogen) atoms. The summed E-state index contributed by atoms with van der Waals surface area (Å²) in [6, 6.07) is 6.94. The second-order valence-corrected chi connectivity index (χ2v) is 4.48. The Morgan fingerprint density at radius 1 is 1.18 bits per heavy atom. The highest BCUT2D eigenvalue weighted by atomic mass is 19.1. The highest BCUT2D eigenvalue weighted by molar-refractivity contribution is 5.93. The van der Waals surface area contributed by atoms with Crippen LogP contribution in [0.25, 0.3) is 11.1 Å². The highest BCUT2D eigenvalue weighted by Crippen LogP contribution is 2.36. The van der Waals surface area contributed by atoms with Crippen LogP contribution in [-0.4, -0.2) is 30.4 Å². The van der Waals surface area contributed by atoms with Crippen molar-refractivity contribution in [3.8, 4) is 22.6 Å². The van der Waals surface area contributed by atoms with Crippen molar-refractivity contribution in [2.24, 2.45) is 0 Å². The van der Waals surface area contributed by atoms with Crippen LogP contribution in [0.1, 0.15) is 15.9 Å². The van der Waals surface area contributed by atoms with E-state index >= 15 is 0 Å². The topological polar surface area (TPSA) is 76.0 Å². The predicted molar refractivity (Wildman–Crippen MR) is 77.3 cm³/mol. The largest absolute Gasteiger partial charge is 0.507 e. The fourth-order valence-corrected chi connectivity index (χ4v) is 2.16. The number of hydrogen-bond donors (Lipinski definition) is 2. The summed E-state index contributed by atoms with van der Waals surface area (Å²) in [6.07, 6.45) is 0. The molecule has 0 saturated heterocycles. The van der Waals surface area contributed by atoms with E-state index in [0.29, 0.717) is 5.75 Å². The van der Waals surface area contributed by atoms with Gasteiger partial charge in [-0.15, -0.1) is 0 Å². The number of aliphatic hydroxyl groups is 1. The van der Waals surface area contributed by atoms with Crippen molar-refractivity contribution in [2.45, 2.75) is 6.61 Å². The first-order chi connectivity index (χ1) is 10.5. The molecular weight excluding hydrogens is 291 g/mol. The fourth-order valence-electron chi connectivity index (χ4n) is 2.16. The molecular formula is C16H15FO5. The van der Waals surface area contributed by atoms with E-state index in [1.807, 2.05) is 0 Å². The normalized spacial score (nSPS) is 10.4. The average molecular weight is 306 g/mol. The zero-order valence-corrected chi connectivity index (χ0v) is 12.1. The van der Waals surface area contributed by atoms with Gasteiger partial charge >= 0.3 is 5.97 Å². The summed E-state index contributed by atoms with van der Waals surface area (Å²) in [5.41, 5.74) is 0.306. The van der Waals surface area contributed by atoms with E-state index in [-0.39, 0.29) is 28.0 Å². The number of aromatic hydroxyl groups is 1. The lowest BCUT2D eigenvalue weighted by molar-refractivity contribution is 0.0596. The summed E-state index contributed by atoms with van der Waals surface area (Å²) in [5.74, 6) is -1.31. The van der Waals surface area contributed by atoms with Gasteiger partial charge in [0.1, 0.15) is 17.3 Å². The zero-order valence-electron chi connectivity index (χ0n) is 12.1. The molecule has 0 bridgehead atoms. The summed E-state index contributed by atoms with van der Waals surface area (Å²) >= 11 is 0. The van der Waals surface area contributed by atoms with E-state index < -0.39 is 18.4 Å². The molecule has 0 fully saturated rings. The van der Waals surface area contributed by atoms with Crippen LogP contribution in [0.3, 0.4) is 0 Å². The van der Waals surface area contributed by atoms with Crippen molar-refractivity contribution >= 4 is 5.97 Å². The van der Waals surface area contributed by atoms with Crippen molar-refractivity contribution < 1.29 is 28.9 Å². The zero-order chi connectivity index (χ0) is 16.3. The number of phenols is 1. The molecule has 0 aliphatic heterocycles. The van der Waals surface area contributed by atoms with Crippen molar-refractivity contribution in [3.63, 3.8) is 0 Å². The predicted octanol–water partition coefficient (Wildman–Crippen LogP) is 2.49. The minimum Gasteiger partial charge on any atom is -0.507 e. The highest BCUT2D eigenvalue weighted by Gasteiger charge is 2.20. The molecule has 0 aromatic heterocycles. The van der Waals surface area contributed by atoms with Crippen LogP contribution >= 0.6 is 0 Å². The first-order valence-electron chi connectivity index (χ1n) is 6.41. The monoisotopic (exact) mass is 306 g/mol. The standard InChI is InChI=1S/C16H15FO5/c1-21-9-3-4-10(14(17)7-9)11-5-6-12(16(20)22-2)13(8-18)15(11)19/h3-7,18-19H,8H2,1-2H3. The van der Waals surface area contributed by atoms with Gasteiger partial charge in [0, 0.05) is 22.8 Å². The first-order valence-corrected chi connectivity index (χ1v) is 6.41. The lowest BCUT2D eigenvalue weighted by atomic mass is 9.97. The molecule has 0 radical (unpaired) electrons. The molecule has 6 heteroatoms. The number of esters is 1. The summed E-state index contributed by atoms with van der Waals surface area (Å²) in [4.78, 5) is 11.6. The summed E-state index contributed by atoms with van der Waals surface area (Å²) in [5, 5.41) is 19.6. The number of rotatable bonds is 4. The molecule has 0 spiro atoms. The molecule has 0 atom stereocenters. The quantitative estimate of drug-likeness (QED) is 0.849. The van der Waals surface area contributed by atoms with E-state index in [4.69, 9.17) is 4.74 Å². The van der Waals surface area contributed by atoms with Gasteiger partial charge in [0.05, 0.1) is 26.4 Å². The summed E-state index contributed by atoms with van der Waals surface area (Å²) in [6.45, 7) is -0.581. The minimum atomic E-state index is -0.693. The molecule has 0 saturated carbocycles. The van der Waals surface area contributed by atoms with Crippen LogP contribution in [0.15, 0.2) is 30.3 Å². The van der Waals surface area contributed by atoms with Crippen molar-refractivity contribution in [2.75, 3.05) is 14.2 Å². The Bertz CT molecular complexity index is 712. The van der Waals surface area contributed by atoms with E-state index in [2.05, 4.69) is 4.74 Å². The van der Waals surface area contributed by atoms with Gasteiger partial charge in [0.25, 0.3) is 0 Å². The molecule has 0 aliphatic rings. The molecule has 5 nitrogen and oxygen atoms in total. The van der Waals surface area contributed by atoms with Crippen LogP contribution < -0.4 is 4.74 Å². The Balaban J connectivity index is 2.60. The van der Waals surface area contributed by atoms with E-state index in [1.165, 1.54) is 38.5 Å². The van der Waals surface area contributed by atoms with E-state index in [1.54, 1.807) is 6.07 Å². The van der Waals surface area contributed by atoms with E-state index in [0.717, 1.165) is 0 Å². The fraction of sp³-hybridized carbons (Fsp3) is 0.188. The Morgan fingerprint density at radius 2 is 1.86 bits per heavy atom. The Kier molecular flexibility index (Phi) is 4.62. The van der Waals surface area contributed by atoms with Crippen LogP contribution in [0.2, 0.25) is 0 Å². The SMILES string of the molecule is COC(=O)c1ccc(-c2ccc(OC)cc2F)c(O)c1CO. The van der Waals surface area contributed by atoms with Gasteiger partial charge in [0.15, 0.2) is 0 Å². The Hall–Kier alpha value is -2.60. The molecule has 0 amide bonds. The minimum absolute atomic E-state index is 0.0143. The van der Waals surface area contributed by atoms with Crippen molar-refractivity contribution in [1.82, 2.24) is 0 Å². The molecule has 2 aromatic carbocycles. The molecule has 116 valence electrons. The third-order valence-corrected chi connectivity index (χ3v) is 3.31. The molecule has 2 N–H and O–H groups in total. The van der Waals surface area contributed by atoms with Crippen LogP contribution in [0.4, 0.5) is 4.39 Å². The first kappa shape index (κ1) is 15.8. The van der Waals surface area contributed by atoms with Crippen LogP contribution in [0, 0.1) is 5.82 Å². The lowest BCUT2D eigenvalue weighted by Gasteiger charge is -2.13. The molecule has 0 heterocycles. The van der Waals surface area contributed by atoms with E-state index in [9.17, 15) is 19.4 Å². The van der Waals surface area contributed by atoms with Crippen molar-refractivity contribution in [3.05, 3.63) is 47.3 Å². The number of benzene rings is 2. The van der Waals surface area contributed by atoms with Gasteiger partial charge in [-0.25, -0.2) is 9.18 Å². The van der Waals surface area contributed by atoms with Gasteiger partial charge in [-0.05, 0) is 24.3 Å². The molecule has 2 rings (SSSR count). The number of methoxy groups -OCH3 is 2. The molecule has 0 unspecified atom stereocenters. The van der Waals surface area contributed by atoms with Gasteiger partial charge in [0.2, 0.25) is 0 Å². The van der Waals surface area contributed by atoms with Gasteiger partial charge in [-0.2, -0.15) is 0 Å².